The minimum absolute atomic E-state index is 0.0540. The molecular weight excluding hydrogens is 291 g/mol. The van der Waals surface area contributed by atoms with E-state index in [9.17, 15) is 27.6 Å². The average Bonchev–Trinajstić information content (AvgIpc) is 2.65. The van der Waals surface area contributed by atoms with Gasteiger partial charge in [-0.3, -0.25) is 24.7 Å². The van der Waals surface area contributed by atoms with E-state index in [1.807, 2.05) is 0 Å². The molecule has 0 saturated heterocycles. The number of hydrogen-bond acceptors (Lipinski definition) is 4. The Morgan fingerprint density at radius 1 is 1.19 bits per heavy atom. The normalized spacial score (nSPS) is 15.8. The molecule has 0 fully saturated rings. The third-order valence-electron chi connectivity index (χ3n) is 2.94. The third kappa shape index (κ3) is 5.18. The Morgan fingerprint density at radius 2 is 1.71 bits per heavy atom. The molecule has 21 heavy (non-hydrogen) atoms. The zero-order chi connectivity index (χ0) is 16.3. The Labute approximate surface area is 119 Å². The summed E-state index contributed by atoms with van der Waals surface area (Å²) >= 11 is 0. The fourth-order valence-electron chi connectivity index (χ4n) is 1.59. The second-order valence-corrected chi connectivity index (χ2v) is 5.38. The number of hydrazine groups is 1. The van der Waals surface area contributed by atoms with E-state index < -0.39 is 29.3 Å². The molecule has 0 aromatic rings. The lowest BCUT2D eigenvalue weighted by molar-refractivity contribution is -0.174. The fraction of sp³-hybridized carbons (Fsp3) is 0.583. The van der Waals surface area contributed by atoms with Crippen molar-refractivity contribution in [1.29, 1.82) is 0 Å². The van der Waals surface area contributed by atoms with Crippen LogP contribution in [0, 0.1) is 5.41 Å². The Kier molecular flexibility index (Phi) is 5.10. The molecule has 1 rings (SSSR count). The second kappa shape index (κ2) is 6.25. The number of imide groups is 1. The molecule has 0 radical (unpaired) electrons. The van der Waals surface area contributed by atoms with Gasteiger partial charge in [0.1, 0.15) is 0 Å². The van der Waals surface area contributed by atoms with E-state index in [0.717, 1.165) is 17.1 Å². The molecule has 0 spiro atoms. The van der Waals surface area contributed by atoms with E-state index in [2.05, 4.69) is 5.43 Å². The summed E-state index contributed by atoms with van der Waals surface area (Å²) in [7, 11) is 0. The van der Waals surface area contributed by atoms with Crippen LogP contribution in [0.25, 0.3) is 0 Å². The summed E-state index contributed by atoms with van der Waals surface area (Å²) in [6, 6.07) is 0. The summed E-state index contributed by atoms with van der Waals surface area (Å²) in [5, 5.41) is 0. The van der Waals surface area contributed by atoms with Crippen molar-refractivity contribution in [2.24, 2.45) is 5.41 Å². The predicted octanol–water partition coefficient (Wildman–Crippen LogP) is 0.511. The van der Waals surface area contributed by atoms with Crippen molar-refractivity contribution >= 4 is 17.7 Å². The summed E-state index contributed by atoms with van der Waals surface area (Å²) in [5.41, 5.74) is 3.23. The Balaban J connectivity index is 2.36. The monoisotopic (exact) mass is 307 g/mol. The SMILES string of the molecule is CC(C)(CCN1C(=O)C=CC1=O)CNNC(=O)C(F)(F)F. The van der Waals surface area contributed by atoms with Gasteiger partial charge in [0.2, 0.25) is 0 Å². The van der Waals surface area contributed by atoms with E-state index in [-0.39, 0.29) is 13.1 Å². The van der Waals surface area contributed by atoms with Gasteiger partial charge in [-0.2, -0.15) is 13.2 Å². The van der Waals surface area contributed by atoms with Gasteiger partial charge in [-0.05, 0) is 11.8 Å². The molecule has 0 atom stereocenters. The lowest BCUT2D eigenvalue weighted by Crippen LogP contribution is -2.48. The highest BCUT2D eigenvalue weighted by molar-refractivity contribution is 6.12. The fourth-order valence-corrected chi connectivity index (χ4v) is 1.59. The first-order chi connectivity index (χ1) is 9.53. The van der Waals surface area contributed by atoms with Gasteiger partial charge in [0.15, 0.2) is 0 Å². The number of carbonyl (C=O) groups excluding carboxylic acids is 3. The van der Waals surface area contributed by atoms with Crippen molar-refractivity contribution in [3.63, 3.8) is 0 Å². The van der Waals surface area contributed by atoms with Crippen LogP contribution in [-0.2, 0) is 14.4 Å². The highest BCUT2D eigenvalue weighted by Gasteiger charge is 2.38. The minimum Gasteiger partial charge on any atom is -0.284 e. The molecule has 0 aromatic carbocycles. The van der Waals surface area contributed by atoms with Gasteiger partial charge < -0.3 is 0 Å². The Bertz CT molecular complexity index is 454. The van der Waals surface area contributed by atoms with Crippen LogP contribution in [0.15, 0.2) is 12.2 Å². The molecule has 9 heteroatoms. The van der Waals surface area contributed by atoms with Crippen molar-refractivity contribution in [3.05, 3.63) is 12.2 Å². The van der Waals surface area contributed by atoms with Crippen molar-refractivity contribution in [1.82, 2.24) is 15.8 Å². The van der Waals surface area contributed by atoms with Gasteiger partial charge in [-0.25, -0.2) is 5.43 Å². The van der Waals surface area contributed by atoms with Crippen molar-refractivity contribution in [3.8, 4) is 0 Å². The number of hydrogen-bond donors (Lipinski definition) is 2. The maximum absolute atomic E-state index is 12.0. The van der Waals surface area contributed by atoms with Crippen molar-refractivity contribution < 1.29 is 27.6 Å². The molecule has 2 N–H and O–H groups in total. The average molecular weight is 307 g/mol. The van der Waals surface area contributed by atoms with Gasteiger partial charge in [0, 0.05) is 25.2 Å². The highest BCUT2D eigenvalue weighted by atomic mass is 19.4. The molecule has 1 aliphatic rings. The van der Waals surface area contributed by atoms with E-state index in [0.29, 0.717) is 6.42 Å². The van der Waals surface area contributed by atoms with Gasteiger partial charge >= 0.3 is 12.1 Å². The number of alkyl halides is 3. The van der Waals surface area contributed by atoms with Crippen LogP contribution in [0.1, 0.15) is 20.3 Å². The van der Waals surface area contributed by atoms with E-state index >= 15 is 0 Å². The lowest BCUT2D eigenvalue weighted by Gasteiger charge is -2.27. The summed E-state index contributed by atoms with van der Waals surface area (Å²) in [6.45, 7) is 3.68. The van der Waals surface area contributed by atoms with Crippen LogP contribution >= 0.6 is 0 Å². The Hall–Kier alpha value is -1.90. The van der Waals surface area contributed by atoms with E-state index in [4.69, 9.17) is 0 Å². The quantitative estimate of drug-likeness (QED) is 0.554. The topological polar surface area (TPSA) is 78.5 Å². The first kappa shape index (κ1) is 17.2. The molecule has 1 aliphatic heterocycles. The molecule has 0 saturated carbocycles. The van der Waals surface area contributed by atoms with Crippen LogP contribution < -0.4 is 10.9 Å². The molecule has 118 valence electrons. The van der Waals surface area contributed by atoms with Crippen LogP contribution in [0.5, 0.6) is 0 Å². The molecule has 0 unspecified atom stereocenters. The predicted molar refractivity (Wildman–Crippen MR) is 66.5 cm³/mol. The molecule has 6 nitrogen and oxygen atoms in total. The molecule has 0 bridgehead atoms. The van der Waals surface area contributed by atoms with E-state index in [1.165, 1.54) is 0 Å². The maximum Gasteiger partial charge on any atom is 0.472 e. The molecule has 0 aliphatic carbocycles. The van der Waals surface area contributed by atoms with Crippen LogP contribution in [0.3, 0.4) is 0 Å². The zero-order valence-corrected chi connectivity index (χ0v) is 11.6. The maximum atomic E-state index is 12.0. The van der Waals surface area contributed by atoms with Crippen molar-refractivity contribution in [2.75, 3.05) is 13.1 Å². The second-order valence-electron chi connectivity index (χ2n) is 5.38. The minimum atomic E-state index is -4.95. The standard InChI is InChI=1S/C12H16F3N3O3/c1-11(2,7-16-17-10(21)12(13,14)15)5-6-18-8(19)3-4-9(18)20/h3-4,16H,5-7H2,1-2H3,(H,17,21). The largest absolute Gasteiger partial charge is 0.472 e. The number of rotatable bonds is 6. The van der Waals surface area contributed by atoms with Crippen molar-refractivity contribution in [2.45, 2.75) is 26.4 Å². The van der Waals surface area contributed by atoms with Gasteiger partial charge in [-0.1, -0.05) is 13.8 Å². The van der Waals surface area contributed by atoms with Gasteiger partial charge in [0.05, 0.1) is 0 Å². The van der Waals surface area contributed by atoms with Crippen LogP contribution in [-0.4, -0.2) is 41.9 Å². The number of nitrogens with one attached hydrogen (secondary N) is 2. The number of carbonyl (C=O) groups is 3. The first-order valence-electron chi connectivity index (χ1n) is 6.16. The lowest BCUT2D eigenvalue weighted by atomic mass is 9.89. The smallest absolute Gasteiger partial charge is 0.284 e. The van der Waals surface area contributed by atoms with Gasteiger partial charge in [-0.15, -0.1) is 0 Å². The summed E-state index contributed by atoms with van der Waals surface area (Å²) < 4.78 is 35.9. The molecule has 3 amide bonds. The molecule has 0 aromatic heterocycles. The summed E-state index contributed by atoms with van der Waals surface area (Å²) in [4.78, 5) is 34.3. The van der Waals surface area contributed by atoms with Gasteiger partial charge in [0.25, 0.3) is 11.8 Å². The number of amides is 3. The zero-order valence-electron chi connectivity index (χ0n) is 11.6. The highest BCUT2D eigenvalue weighted by Crippen LogP contribution is 2.20. The summed E-state index contributed by atoms with van der Waals surface area (Å²) in [5.74, 6) is -2.89. The van der Waals surface area contributed by atoms with Crippen LogP contribution in [0.2, 0.25) is 0 Å². The molecule has 1 heterocycles. The van der Waals surface area contributed by atoms with Crippen LogP contribution in [0.4, 0.5) is 13.2 Å². The molecular formula is C12H16F3N3O3. The summed E-state index contributed by atoms with van der Waals surface area (Å²) in [6.07, 6.45) is -2.24. The van der Waals surface area contributed by atoms with E-state index in [1.54, 1.807) is 19.3 Å². The number of halogens is 3. The first-order valence-corrected chi connectivity index (χ1v) is 6.16. The number of nitrogens with zero attached hydrogens (tertiary/aromatic N) is 1. The third-order valence-corrected chi connectivity index (χ3v) is 2.94. The Morgan fingerprint density at radius 3 is 2.19 bits per heavy atom.